The van der Waals surface area contributed by atoms with E-state index in [1.807, 2.05) is 12.1 Å². The molecule has 4 nitrogen and oxygen atoms in total. The topological polar surface area (TPSA) is 54.4 Å². The smallest absolute Gasteiger partial charge is 0.433 e. The molecule has 7 heteroatoms. The largest absolute Gasteiger partial charge is 0.507 e. The van der Waals surface area contributed by atoms with Crippen LogP contribution in [0.4, 0.5) is 13.2 Å². The number of alkyl halides is 3. The van der Waals surface area contributed by atoms with Crippen molar-refractivity contribution < 1.29 is 23.0 Å². The fourth-order valence-corrected chi connectivity index (χ4v) is 3.22. The predicted octanol–water partition coefficient (Wildman–Crippen LogP) is 4.30. The summed E-state index contributed by atoms with van der Waals surface area (Å²) in [4.78, 5) is 3.53. The van der Waals surface area contributed by atoms with E-state index in [0.717, 1.165) is 29.9 Å². The molecule has 1 atom stereocenters. The molecule has 0 bridgehead atoms. The Morgan fingerprint density at radius 2 is 1.96 bits per heavy atom. The van der Waals surface area contributed by atoms with Gasteiger partial charge in [-0.2, -0.15) is 13.2 Å². The van der Waals surface area contributed by atoms with E-state index in [1.54, 1.807) is 0 Å². The number of nitrogens with one attached hydrogen (secondary N) is 1. The van der Waals surface area contributed by atoms with Crippen LogP contribution in [0.15, 0.2) is 30.5 Å². The summed E-state index contributed by atoms with van der Waals surface area (Å²) < 4.78 is 44.2. The van der Waals surface area contributed by atoms with Gasteiger partial charge in [0.05, 0.1) is 12.7 Å². The second kappa shape index (κ2) is 7.72. The molecule has 1 unspecified atom stereocenters. The van der Waals surface area contributed by atoms with Gasteiger partial charge in [-0.3, -0.25) is 4.98 Å². The first-order valence-electron chi connectivity index (χ1n) is 9.28. The second-order valence-corrected chi connectivity index (χ2v) is 8.11. The molecule has 1 aromatic heterocycles. The fourth-order valence-electron chi connectivity index (χ4n) is 3.22. The van der Waals surface area contributed by atoms with E-state index in [4.69, 9.17) is 4.74 Å². The van der Waals surface area contributed by atoms with Gasteiger partial charge in [0.1, 0.15) is 11.4 Å². The third-order valence-electron chi connectivity index (χ3n) is 4.87. The average molecular weight is 394 g/mol. The van der Waals surface area contributed by atoms with Gasteiger partial charge in [0.25, 0.3) is 0 Å². The molecule has 3 rings (SSSR count). The lowest BCUT2D eigenvalue weighted by molar-refractivity contribution is -0.141. The van der Waals surface area contributed by atoms with Crippen molar-refractivity contribution in [1.29, 1.82) is 0 Å². The molecule has 152 valence electrons. The van der Waals surface area contributed by atoms with Gasteiger partial charge < -0.3 is 15.2 Å². The molecule has 0 radical (unpaired) electrons. The van der Waals surface area contributed by atoms with Crippen molar-refractivity contribution in [3.05, 3.63) is 47.3 Å². The Morgan fingerprint density at radius 1 is 1.21 bits per heavy atom. The van der Waals surface area contributed by atoms with Crippen LogP contribution >= 0.6 is 0 Å². The molecule has 1 saturated heterocycles. The van der Waals surface area contributed by atoms with Crippen molar-refractivity contribution in [3.8, 4) is 16.9 Å². The van der Waals surface area contributed by atoms with E-state index < -0.39 is 11.9 Å². The third kappa shape index (κ3) is 4.64. The van der Waals surface area contributed by atoms with Gasteiger partial charge >= 0.3 is 6.18 Å². The number of hydrogen-bond acceptors (Lipinski definition) is 4. The van der Waals surface area contributed by atoms with Crippen LogP contribution in [0.25, 0.3) is 11.1 Å². The first-order chi connectivity index (χ1) is 13.1. The van der Waals surface area contributed by atoms with Gasteiger partial charge in [0.15, 0.2) is 0 Å². The molecule has 1 fully saturated rings. The van der Waals surface area contributed by atoms with Crippen molar-refractivity contribution in [3.63, 3.8) is 0 Å². The van der Waals surface area contributed by atoms with E-state index in [-0.39, 0.29) is 17.3 Å². The average Bonchev–Trinajstić information content (AvgIpc) is 2.63. The number of aromatic nitrogens is 1. The zero-order valence-electron chi connectivity index (χ0n) is 16.2. The normalized spacial score (nSPS) is 18.3. The zero-order chi connectivity index (χ0) is 20.5. The summed E-state index contributed by atoms with van der Waals surface area (Å²) in [5.41, 5.74) is 1.48. The van der Waals surface area contributed by atoms with Crippen molar-refractivity contribution in [1.82, 2.24) is 10.3 Å². The molecule has 0 saturated carbocycles. The minimum absolute atomic E-state index is 0.0590. The number of pyridine rings is 1. The Hall–Kier alpha value is -2.12. The van der Waals surface area contributed by atoms with Crippen LogP contribution in [0.1, 0.15) is 37.6 Å². The van der Waals surface area contributed by atoms with Crippen LogP contribution in [0.5, 0.6) is 5.75 Å². The molecule has 1 aliphatic heterocycles. The van der Waals surface area contributed by atoms with Gasteiger partial charge in [-0.25, -0.2) is 0 Å². The summed E-state index contributed by atoms with van der Waals surface area (Å²) in [5, 5.41) is 14.1. The van der Waals surface area contributed by atoms with Gasteiger partial charge in [-0.15, -0.1) is 0 Å². The number of aromatic hydroxyl groups is 1. The molecule has 2 N–H and O–H groups in total. The number of benzene rings is 1. The number of rotatable bonds is 3. The van der Waals surface area contributed by atoms with Crippen LogP contribution in [0.3, 0.4) is 0 Å². The quantitative estimate of drug-likeness (QED) is 0.815. The number of morpholine rings is 1. The summed E-state index contributed by atoms with van der Waals surface area (Å²) >= 11 is 0. The Morgan fingerprint density at radius 3 is 2.50 bits per heavy atom. The highest BCUT2D eigenvalue weighted by atomic mass is 19.4. The molecule has 0 amide bonds. The van der Waals surface area contributed by atoms with Crippen LogP contribution in [-0.2, 0) is 22.7 Å². The standard InChI is InChI=1S/C21H25F3N2O2/c1-20(2,3)15-8-14(9-16-12-25-6-7-28-16)19(27)17(10-15)13-4-5-18(26-11-13)21(22,23)24/h4-5,8,10-11,16,25,27H,6-7,9,12H2,1-3H3. The minimum atomic E-state index is -4.50. The Kier molecular flexibility index (Phi) is 5.68. The van der Waals surface area contributed by atoms with Crippen molar-refractivity contribution in [2.24, 2.45) is 0 Å². The number of ether oxygens (including phenoxy) is 1. The summed E-state index contributed by atoms with van der Waals surface area (Å²) in [6.45, 7) is 8.26. The van der Waals surface area contributed by atoms with Crippen molar-refractivity contribution in [2.45, 2.75) is 44.9 Å². The van der Waals surface area contributed by atoms with Gasteiger partial charge in [-0.1, -0.05) is 32.9 Å². The van der Waals surface area contributed by atoms with Gasteiger partial charge in [0.2, 0.25) is 0 Å². The van der Waals surface area contributed by atoms with E-state index in [0.29, 0.717) is 30.7 Å². The van der Waals surface area contributed by atoms with Crippen LogP contribution in [0.2, 0.25) is 0 Å². The Bertz CT molecular complexity index is 821. The lowest BCUT2D eigenvalue weighted by Gasteiger charge is -2.26. The zero-order valence-corrected chi connectivity index (χ0v) is 16.2. The summed E-state index contributed by atoms with van der Waals surface area (Å²) in [5.74, 6) is 0.0590. The minimum Gasteiger partial charge on any atom is -0.507 e. The first-order valence-corrected chi connectivity index (χ1v) is 9.28. The molecule has 2 heterocycles. The molecule has 2 aromatic rings. The van der Waals surface area contributed by atoms with Crippen LogP contribution < -0.4 is 5.32 Å². The lowest BCUT2D eigenvalue weighted by Crippen LogP contribution is -2.39. The third-order valence-corrected chi connectivity index (χ3v) is 4.87. The highest BCUT2D eigenvalue weighted by Crippen LogP contribution is 2.38. The molecule has 28 heavy (non-hydrogen) atoms. The number of nitrogens with zero attached hydrogens (tertiary/aromatic N) is 1. The molecule has 1 aromatic carbocycles. The molecular formula is C21H25F3N2O2. The summed E-state index contributed by atoms with van der Waals surface area (Å²) in [6.07, 6.45) is -2.88. The predicted molar refractivity (Wildman–Crippen MR) is 101 cm³/mol. The maximum atomic E-state index is 12.8. The number of halogens is 3. The maximum Gasteiger partial charge on any atom is 0.433 e. The first kappa shape index (κ1) is 20.6. The molecule has 0 aliphatic carbocycles. The maximum absolute atomic E-state index is 12.8. The second-order valence-electron chi connectivity index (χ2n) is 8.11. The van der Waals surface area contributed by atoms with Crippen LogP contribution in [0, 0.1) is 0 Å². The van der Waals surface area contributed by atoms with Crippen molar-refractivity contribution in [2.75, 3.05) is 19.7 Å². The van der Waals surface area contributed by atoms with E-state index in [2.05, 4.69) is 31.1 Å². The Balaban J connectivity index is 2.02. The fraction of sp³-hybridized carbons (Fsp3) is 0.476. The van der Waals surface area contributed by atoms with Crippen LogP contribution in [-0.4, -0.2) is 35.9 Å². The van der Waals surface area contributed by atoms with E-state index in [9.17, 15) is 18.3 Å². The van der Waals surface area contributed by atoms with Gasteiger partial charge in [-0.05, 0) is 28.7 Å². The highest BCUT2D eigenvalue weighted by molar-refractivity contribution is 5.72. The van der Waals surface area contributed by atoms with E-state index >= 15 is 0 Å². The Labute approximate surface area is 162 Å². The van der Waals surface area contributed by atoms with Crippen molar-refractivity contribution >= 4 is 0 Å². The van der Waals surface area contributed by atoms with Gasteiger partial charge in [0, 0.05) is 36.8 Å². The molecular weight excluding hydrogens is 369 g/mol. The summed E-state index contributed by atoms with van der Waals surface area (Å²) in [7, 11) is 0. The summed E-state index contributed by atoms with van der Waals surface area (Å²) in [6, 6.07) is 6.06. The number of phenols is 1. The molecule has 0 spiro atoms. The highest BCUT2D eigenvalue weighted by Gasteiger charge is 2.32. The molecule has 1 aliphatic rings. The SMILES string of the molecule is CC(C)(C)c1cc(CC2CNCCO2)c(O)c(-c2ccc(C(F)(F)F)nc2)c1. The monoisotopic (exact) mass is 394 g/mol. The van der Waals surface area contributed by atoms with E-state index in [1.165, 1.54) is 6.07 Å². The number of hydrogen-bond donors (Lipinski definition) is 2. The number of phenolic OH excluding ortho intramolecular Hbond substituents is 1. The lowest BCUT2D eigenvalue weighted by atomic mass is 9.83.